The van der Waals surface area contributed by atoms with Crippen LogP contribution in [-0.4, -0.2) is 44.2 Å². The molecule has 2 amide bonds. The quantitative estimate of drug-likeness (QED) is 0.457. The summed E-state index contributed by atoms with van der Waals surface area (Å²) in [6.45, 7) is 0.471. The van der Waals surface area contributed by atoms with E-state index in [9.17, 15) is 9.59 Å². The van der Waals surface area contributed by atoms with Crippen molar-refractivity contribution in [2.45, 2.75) is 25.4 Å². The first-order valence-corrected chi connectivity index (χ1v) is 9.60. The Kier molecular flexibility index (Phi) is 5.92. The highest BCUT2D eigenvalue weighted by molar-refractivity contribution is 5.85. The van der Waals surface area contributed by atoms with Gasteiger partial charge in [-0.15, -0.1) is 0 Å². The molecule has 0 fully saturated rings. The third kappa shape index (κ3) is 5.07. The minimum Gasteiger partial charge on any atom is -0.454 e. The number of nitrogens with one attached hydrogen (secondary N) is 2. The van der Waals surface area contributed by atoms with Gasteiger partial charge in [-0.3, -0.25) is 14.2 Å². The number of nitrogens with two attached hydrogens (primary N) is 1. The summed E-state index contributed by atoms with van der Waals surface area (Å²) in [5.74, 6) is 1.56. The Hall–Kier alpha value is -4.15. The summed E-state index contributed by atoms with van der Waals surface area (Å²) in [5.41, 5.74) is 6.14. The van der Waals surface area contributed by atoms with E-state index in [1.54, 1.807) is 35.4 Å². The molecule has 11 heteroatoms. The highest BCUT2D eigenvalue weighted by atomic mass is 16.7. The molecule has 1 aromatic carbocycles. The van der Waals surface area contributed by atoms with Crippen LogP contribution in [0.3, 0.4) is 0 Å². The van der Waals surface area contributed by atoms with E-state index in [1.165, 1.54) is 6.33 Å². The molecule has 1 aliphatic rings. The van der Waals surface area contributed by atoms with Crippen LogP contribution in [0.25, 0.3) is 5.82 Å². The zero-order chi connectivity index (χ0) is 21.6. The van der Waals surface area contributed by atoms with Crippen LogP contribution in [0.5, 0.6) is 11.5 Å². The fourth-order valence-corrected chi connectivity index (χ4v) is 3.06. The number of nitrogens with zero attached hydrogens (tertiary/aromatic N) is 4. The number of carbonyl (C=O) groups excluding carboxylic acids is 2. The van der Waals surface area contributed by atoms with Crippen molar-refractivity contribution >= 4 is 17.6 Å². The molecule has 3 heterocycles. The van der Waals surface area contributed by atoms with Crippen molar-refractivity contribution in [3.05, 3.63) is 54.9 Å². The van der Waals surface area contributed by atoms with Gasteiger partial charge in [-0.25, -0.2) is 15.0 Å². The summed E-state index contributed by atoms with van der Waals surface area (Å²) >= 11 is 0. The Labute approximate surface area is 177 Å². The number of hydrogen-bond acceptors (Lipinski definition) is 8. The van der Waals surface area contributed by atoms with Gasteiger partial charge in [0, 0.05) is 31.4 Å². The molecule has 4 N–H and O–H groups in total. The summed E-state index contributed by atoms with van der Waals surface area (Å²) in [5, 5.41) is 5.93. The minimum absolute atomic E-state index is 0.0502. The van der Waals surface area contributed by atoms with Crippen molar-refractivity contribution in [3.63, 3.8) is 0 Å². The van der Waals surface area contributed by atoms with Gasteiger partial charge in [-0.2, -0.15) is 0 Å². The first kappa shape index (κ1) is 20.1. The third-order valence-electron chi connectivity index (χ3n) is 4.64. The fraction of sp³-hybridized carbons (Fsp3) is 0.250. The third-order valence-corrected chi connectivity index (χ3v) is 4.64. The molecule has 0 spiro atoms. The number of primary amides is 1. The van der Waals surface area contributed by atoms with E-state index < -0.39 is 11.9 Å². The average Bonchev–Trinajstić information content (AvgIpc) is 3.46. The van der Waals surface area contributed by atoms with Gasteiger partial charge in [0.05, 0.1) is 0 Å². The molecule has 0 aliphatic carbocycles. The maximum Gasteiger partial charge on any atom is 0.242 e. The minimum atomic E-state index is -0.716. The zero-order valence-electron chi connectivity index (χ0n) is 16.5. The largest absolute Gasteiger partial charge is 0.454 e. The van der Waals surface area contributed by atoms with Crippen LogP contribution in [0.15, 0.2) is 49.3 Å². The maximum absolute atomic E-state index is 12.8. The Morgan fingerprint density at radius 3 is 2.87 bits per heavy atom. The van der Waals surface area contributed by atoms with E-state index in [0.29, 0.717) is 23.1 Å². The Bertz CT molecular complexity index is 1070. The number of rotatable bonds is 9. The van der Waals surface area contributed by atoms with Crippen molar-refractivity contribution < 1.29 is 19.1 Å². The van der Waals surface area contributed by atoms with Crippen LogP contribution in [0.1, 0.15) is 18.4 Å². The topological polar surface area (TPSA) is 146 Å². The molecule has 160 valence electrons. The Morgan fingerprint density at radius 2 is 2.06 bits per heavy atom. The van der Waals surface area contributed by atoms with Crippen molar-refractivity contribution in [3.8, 4) is 17.3 Å². The molecule has 1 aliphatic heterocycles. The highest BCUT2D eigenvalue weighted by Crippen LogP contribution is 2.32. The molecule has 0 bridgehead atoms. The normalized spacial score (nSPS) is 12.9. The predicted molar refractivity (Wildman–Crippen MR) is 109 cm³/mol. The van der Waals surface area contributed by atoms with Crippen LogP contribution in [0.4, 0.5) is 5.82 Å². The van der Waals surface area contributed by atoms with Crippen molar-refractivity contribution in [1.82, 2.24) is 24.8 Å². The predicted octanol–water partition coefficient (Wildman–Crippen LogP) is 0.753. The lowest BCUT2D eigenvalue weighted by molar-refractivity contribution is -0.122. The number of ether oxygens (including phenoxy) is 2. The number of carbonyl (C=O) groups is 2. The van der Waals surface area contributed by atoms with Gasteiger partial charge in [0.15, 0.2) is 11.5 Å². The van der Waals surface area contributed by atoms with Crippen LogP contribution >= 0.6 is 0 Å². The van der Waals surface area contributed by atoms with Gasteiger partial charge in [0.25, 0.3) is 0 Å². The number of hydrogen-bond donors (Lipinski definition) is 3. The molecule has 1 unspecified atom stereocenters. The highest BCUT2D eigenvalue weighted by Gasteiger charge is 2.20. The second-order valence-corrected chi connectivity index (χ2v) is 6.84. The standard InChI is InChI=1S/C20H21N7O4/c21-17(28)4-2-14(26-18-8-19(25-10-24-18)27-6-5-22-11-27)20(29)23-9-13-1-3-15-16(7-13)31-12-30-15/h1,3,5-8,10-11,14H,2,4,9,12H2,(H2,21,28)(H,23,29)(H,24,25,26). The second-order valence-electron chi connectivity index (χ2n) is 6.84. The molecule has 4 rings (SSSR count). The summed E-state index contributed by atoms with van der Waals surface area (Å²) < 4.78 is 12.4. The number of amides is 2. The molecular formula is C20H21N7O4. The molecule has 11 nitrogen and oxygen atoms in total. The second kappa shape index (κ2) is 9.11. The Balaban J connectivity index is 1.43. The van der Waals surface area contributed by atoms with Crippen LogP contribution < -0.4 is 25.8 Å². The van der Waals surface area contributed by atoms with Crippen molar-refractivity contribution in [1.29, 1.82) is 0 Å². The van der Waals surface area contributed by atoms with E-state index in [2.05, 4.69) is 25.6 Å². The van der Waals surface area contributed by atoms with Crippen LogP contribution in [0.2, 0.25) is 0 Å². The molecule has 2 aromatic heterocycles. The van der Waals surface area contributed by atoms with Gasteiger partial charge in [-0.05, 0) is 24.1 Å². The lowest BCUT2D eigenvalue weighted by atomic mass is 10.1. The zero-order valence-corrected chi connectivity index (χ0v) is 16.5. The molecular weight excluding hydrogens is 402 g/mol. The number of fused-ring (bicyclic) bond motifs is 1. The van der Waals surface area contributed by atoms with Gasteiger partial charge >= 0.3 is 0 Å². The number of benzene rings is 1. The summed E-state index contributed by atoms with van der Waals surface area (Å²) in [4.78, 5) is 36.5. The number of aromatic nitrogens is 4. The summed E-state index contributed by atoms with van der Waals surface area (Å²) in [6.07, 6.45) is 6.63. The number of anilines is 1. The summed E-state index contributed by atoms with van der Waals surface area (Å²) in [6, 6.07) is 6.43. The van der Waals surface area contributed by atoms with E-state index in [0.717, 1.165) is 5.56 Å². The molecule has 1 atom stereocenters. The van der Waals surface area contributed by atoms with E-state index in [4.69, 9.17) is 15.2 Å². The fourth-order valence-electron chi connectivity index (χ4n) is 3.06. The molecule has 0 radical (unpaired) electrons. The van der Waals surface area contributed by atoms with E-state index >= 15 is 0 Å². The van der Waals surface area contributed by atoms with Crippen LogP contribution in [-0.2, 0) is 16.1 Å². The van der Waals surface area contributed by atoms with Crippen molar-refractivity contribution in [2.24, 2.45) is 5.73 Å². The molecule has 31 heavy (non-hydrogen) atoms. The molecule has 0 saturated carbocycles. The van der Waals surface area contributed by atoms with Crippen LogP contribution in [0, 0.1) is 0 Å². The lowest BCUT2D eigenvalue weighted by Gasteiger charge is -2.19. The van der Waals surface area contributed by atoms with Gasteiger partial charge in [0.2, 0.25) is 18.6 Å². The first-order chi connectivity index (χ1) is 15.1. The lowest BCUT2D eigenvalue weighted by Crippen LogP contribution is -2.40. The Morgan fingerprint density at radius 1 is 1.19 bits per heavy atom. The first-order valence-electron chi connectivity index (χ1n) is 9.60. The molecule has 0 saturated heterocycles. The van der Waals surface area contributed by atoms with E-state index in [-0.39, 0.29) is 32.1 Å². The van der Waals surface area contributed by atoms with Gasteiger partial charge < -0.3 is 25.8 Å². The summed E-state index contributed by atoms with van der Waals surface area (Å²) in [7, 11) is 0. The number of imidazole rings is 1. The van der Waals surface area contributed by atoms with E-state index in [1.807, 2.05) is 12.1 Å². The van der Waals surface area contributed by atoms with Gasteiger partial charge in [-0.1, -0.05) is 6.07 Å². The SMILES string of the molecule is NC(=O)CCC(Nc1cc(-n2ccnc2)ncn1)C(=O)NCc1ccc2c(c1)OCO2. The smallest absolute Gasteiger partial charge is 0.242 e. The average molecular weight is 423 g/mol. The van der Waals surface area contributed by atoms with Gasteiger partial charge in [0.1, 0.15) is 30.3 Å². The molecule has 3 aromatic rings. The van der Waals surface area contributed by atoms with Crippen molar-refractivity contribution in [2.75, 3.05) is 12.1 Å². The maximum atomic E-state index is 12.8. The monoisotopic (exact) mass is 423 g/mol.